The molecule has 0 aliphatic carbocycles. The van der Waals surface area contributed by atoms with Gasteiger partial charge in [-0.3, -0.25) is 9.59 Å². The summed E-state index contributed by atoms with van der Waals surface area (Å²) in [5.41, 5.74) is 0. The molecule has 6 nitrogen and oxygen atoms in total. The Morgan fingerprint density at radius 2 is 0.631 bits per heavy atom. The molecule has 0 heterocycles. The Hall–Kier alpha value is -1.14. The summed E-state index contributed by atoms with van der Waals surface area (Å²) in [7, 11) is 0. The van der Waals surface area contributed by atoms with Gasteiger partial charge in [0, 0.05) is 12.8 Å². The molecule has 1 amide bonds. The van der Waals surface area contributed by atoms with Crippen LogP contribution in [0.25, 0.3) is 0 Å². The number of esters is 1. The summed E-state index contributed by atoms with van der Waals surface area (Å²) in [5, 5.41) is 23.3. The smallest absolute Gasteiger partial charge is 0.305 e. The summed E-state index contributed by atoms with van der Waals surface area (Å²) in [5.74, 6) is -0.0191. The Balaban J connectivity index is 3.36. The molecule has 0 aromatic heterocycles. The van der Waals surface area contributed by atoms with E-state index in [-0.39, 0.29) is 18.5 Å². The van der Waals surface area contributed by atoms with Crippen molar-refractivity contribution in [3.8, 4) is 0 Å². The monoisotopic (exact) mass is 920 g/mol. The third kappa shape index (κ3) is 52.1. The molecule has 0 spiro atoms. The van der Waals surface area contributed by atoms with Gasteiger partial charge in [-0.25, -0.2) is 0 Å². The Kier molecular flexibility index (Phi) is 54.5. The lowest BCUT2D eigenvalue weighted by molar-refractivity contribution is -0.143. The van der Waals surface area contributed by atoms with Crippen LogP contribution in [-0.2, 0) is 14.3 Å². The van der Waals surface area contributed by atoms with Crippen molar-refractivity contribution >= 4 is 11.9 Å². The number of nitrogens with one attached hydrogen (secondary N) is 1. The van der Waals surface area contributed by atoms with Crippen molar-refractivity contribution in [2.75, 3.05) is 13.2 Å². The predicted molar refractivity (Wildman–Crippen MR) is 283 cm³/mol. The van der Waals surface area contributed by atoms with Gasteiger partial charge in [0.25, 0.3) is 0 Å². The first kappa shape index (κ1) is 63.9. The lowest BCUT2D eigenvalue weighted by Crippen LogP contribution is -2.45. The zero-order chi connectivity index (χ0) is 47.2. The zero-order valence-corrected chi connectivity index (χ0v) is 44.3. The van der Waals surface area contributed by atoms with Crippen LogP contribution in [0.2, 0.25) is 0 Å². The van der Waals surface area contributed by atoms with E-state index in [1.807, 2.05) is 0 Å². The Bertz CT molecular complexity index is 928. The highest BCUT2D eigenvalue weighted by Crippen LogP contribution is 2.18. The molecule has 0 radical (unpaired) electrons. The molecule has 0 aliphatic heterocycles. The second-order valence-corrected chi connectivity index (χ2v) is 20.7. The minimum Gasteiger partial charge on any atom is -0.466 e. The second kappa shape index (κ2) is 55.5. The zero-order valence-electron chi connectivity index (χ0n) is 44.3. The van der Waals surface area contributed by atoms with Crippen LogP contribution in [0.1, 0.15) is 341 Å². The van der Waals surface area contributed by atoms with Crippen molar-refractivity contribution in [2.45, 2.75) is 353 Å². The molecule has 2 unspecified atom stereocenters. The van der Waals surface area contributed by atoms with Crippen LogP contribution in [0, 0.1) is 0 Å². The molecular weight excluding hydrogens is 803 g/mol. The van der Waals surface area contributed by atoms with E-state index in [4.69, 9.17) is 4.74 Å². The van der Waals surface area contributed by atoms with Crippen molar-refractivity contribution < 1.29 is 24.5 Å². The van der Waals surface area contributed by atoms with E-state index in [2.05, 4.69) is 19.2 Å². The predicted octanol–water partition coefficient (Wildman–Crippen LogP) is 18.3. The Morgan fingerprint density at radius 3 is 0.938 bits per heavy atom. The van der Waals surface area contributed by atoms with E-state index in [1.165, 1.54) is 270 Å². The maximum absolute atomic E-state index is 12.5. The number of hydrogen-bond donors (Lipinski definition) is 3. The molecule has 0 aromatic rings. The molecule has 2 atom stereocenters. The minimum atomic E-state index is -0.663. The number of amides is 1. The molecular formula is C59H117NO5. The van der Waals surface area contributed by atoms with Gasteiger partial charge < -0.3 is 20.3 Å². The van der Waals surface area contributed by atoms with Crippen LogP contribution in [0.15, 0.2) is 0 Å². The van der Waals surface area contributed by atoms with Crippen LogP contribution in [-0.4, -0.2) is 47.4 Å². The van der Waals surface area contributed by atoms with Gasteiger partial charge >= 0.3 is 5.97 Å². The van der Waals surface area contributed by atoms with E-state index in [1.54, 1.807) is 0 Å². The standard InChI is InChI=1S/C59H117NO5/c1-3-5-7-9-11-13-15-17-28-31-35-39-43-47-51-57(62)56(55-61)60-58(63)52-48-44-40-36-32-29-25-23-21-19-18-20-22-24-26-30-34-38-42-46-50-54-65-59(64)53-49-45-41-37-33-27-16-14-12-10-8-6-4-2/h56-57,61-62H,3-55H2,1-2H3,(H,60,63). The normalized spacial score (nSPS) is 12.5. The lowest BCUT2D eigenvalue weighted by atomic mass is 10.0. The van der Waals surface area contributed by atoms with Crippen molar-refractivity contribution in [3.63, 3.8) is 0 Å². The van der Waals surface area contributed by atoms with Crippen molar-refractivity contribution in [1.82, 2.24) is 5.32 Å². The maximum atomic E-state index is 12.5. The molecule has 0 bridgehead atoms. The summed E-state index contributed by atoms with van der Waals surface area (Å²) in [4.78, 5) is 24.5. The molecule has 6 heteroatoms. The minimum absolute atomic E-state index is 0.0144. The number of hydrogen-bond acceptors (Lipinski definition) is 5. The average molecular weight is 921 g/mol. The summed E-state index contributed by atoms with van der Waals surface area (Å²) >= 11 is 0. The summed E-state index contributed by atoms with van der Waals surface area (Å²) < 4.78 is 5.48. The fraction of sp³-hybridized carbons (Fsp3) is 0.966. The van der Waals surface area contributed by atoms with Gasteiger partial charge in [-0.15, -0.1) is 0 Å². The van der Waals surface area contributed by atoms with Crippen molar-refractivity contribution in [1.29, 1.82) is 0 Å². The third-order valence-corrected chi connectivity index (χ3v) is 14.2. The molecule has 3 N–H and O–H groups in total. The van der Waals surface area contributed by atoms with Gasteiger partial charge in [-0.05, 0) is 25.7 Å². The molecule has 0 saturated heterocycles. The Morgan fingerprint density at radius 1 is 0.369 bits per heavy atom. The van der Waals surface area contributed by atoms with E-state index in [0.717, 1.165) is 38.5 Å². The molecule has 388 valence electrons. The average Bonchev–Trinajstić information content (AvgIpc) is 3.31. The van der Waals surface area contributed by atoms with E-state index >= 15 is 0 Å². The lowest BCUT2D eigenvalue weighted by Gasteiger charge is -2.22. The van der Waals surface area contributed by atoms with E-state index in [9.17, 15) is 19.8 Å². The highest BCUT2D eigenvalue weighted by atomic mass is 16.5. The molecule has 0 rings (SSSR count). The van der Waals surface area contributed by atoms with Gasteiger partial charge in [0.05, 0.1) is 25.4 Å². The fourth-order valence-corrected chi connectivity index (χ4v) is 9.58. The number of aliphatic hydroxyl groups excluding tert-OH is 2. The van der Waals surface area contributed by atoms with Gasteiger partial charge in [0.15, 0.2) is 0 Å². The summed E-state index contributed by atoms with van der Waals surface area (Å²) in [6.45, 7) is 4.97. The van der Waals surface area contributed by atoms with Gasteiger partial charge in [-0.1, -0.05) is 303 Å². The fourth-order valence-electron chi connectivity index (χ4n) is 9.58. The van der Waals surface area contributed by atoms with Crippen LogP contribution >= 0.6 is 0 Å². The number of rotatable bonds is 56. The SMILES string of the molecule is CCCCCCCCCCCCCCCCC(O)C(CO)NC(=O)CCCCCCCCCCCCCCCCCCCCCCCOC(=O)CCCCCCCCCCCCCCC. The van der Waals surface area contributed by atoms with Crippen LogP contribution in [0.3, 0.4) is 0 Å². The quantitative estimate of drug-likeness (QED) is 0.0417. The molecule has 65 heavy (non-hydrogen) atoms. The number of ether oxygens (including phenoxy) is 1. The van der Waals surface area contributed by atoms with Crippen LogP contribution < -0.4 is 5.32 Å². The summed E-state index contributed by atoms with van der Waals surface area (Å²) in [6.07, 6.45) is 63.8. The number of carbonyl (C=O) groups excluding carboxylic acids is 2. The molecule has 0 aliphatic rings. The first-order valence-electron chi connectivity index (χ1n) is 29.8. The summed E-state index contributed by atoms with van der Waals surface area (Å²) in [6, 6.07) is -0.540. The van der Waals surface area contributed by atoms with Crippen molar-refractivity contribution in [2.24, 2.45) is 0 Å². The Labute approximate surface area is 406 Å². The largest absolute Gasteiger partial charge is 0.466 e. The molecule has 0 aromatic carbocycles. The highest BCUT2D eigenvalue weighted by Gasteiger charge is 2.20. The highest BCUT2D eigenvalue weighted by molar-refractivity contribution is 5.76. The van der Waals surface area contributed by atoms with E-state index < -0.39 is 12.1 Å². The van der Waals surface area contributed by atoms with Gasteiger partial charge in [0.1, 0.15) is 0 Å². The molecule has 0 fully saturated rings. The van der Waals surface area contributed by atoms with Crippen LogP contribution in [0.4, 0.5) is 0 Å². The first-order valence-corrected chi connectivity index (χ1v) is 29.8. The van der Waals surface area contributed by atoms with Crippen LogP contribution in [0.5, 0.6) is 0 Å². The number of carbonyl (C=O) groups is 2. The second-order valence-electron chi connectivity index (χ2n) is 20.7. The topological polar surface area (TPSA) is 95.9 Å². The van der Waals surface area contributed by atoms with E-state index in [0.29, 0.717) is 25.9 Å². The molecule has 0 saturated carbocycles. The number of unbranched alkanes of at least 4 members (excludes halogenated alkanes) is 45. The first-order chi connectivity index (χ1) is 32.0. The third-order valence-electron chi connectivity index (χ3n) is 14.2. The van der Waals surface area contributed by atoms with Gasteiger partial charge in [-0.2, -0.15) is 0 Å². The van der Waals surface area contributed by atoms with Gasteiger partial charge in [0.2, 0.25) is 5.91 Å². The van der Waals surface area contributed by atoms with Crippen molar-refractivity contribution in [3.05, 3.63) is 0 Å². The maximum Gasteiger partial charge on any atom is 0.305 e. The number of aliphatic hydroxyl groups is 2.